The summed E-state index contributed by atoms with van der Waals surface area (Å²) in [4.78, 5) is 2.51. The first kappa shape index (κ1) is 11.0. The van der Waals surface area contributed by atoms with Gasteiger partial charge in [-0.25, -0.2) is 0 Å². The second kappa shape index (κ2) is 6.35. The van der Waals surface area contributed by atoms with Crippen LogP contribution in [0.5, 0.6) is 0 Å². The lowest BCUT2D eigenvalue weighted by Crippen LogP contribution is -2.40. The van der Waals surface area contributed by atoms with E-state index in [1.165, 1.54) is 25.9 Å². The molecular formula is C10H22N2O. The highest BCUT2D eigenvalue weighted by Gasteiger charge is 2.18. The normalized spacial score (nSPS) is 25.8. The highest BCUT2D eigenvalue weighted by atomic mass is 16.3. The maximum atomic E-state index is 8.94. The molecule has 3 heteroatoms. The van der Waals surface area contributed by atoms with Gasteiger partial charge in [0.15, 0.2) is 0 Å². The average Bonchev–Trinajstić information content (AvgIpc) is 2.33. The van der Waals surface area contributed by atoms with Gasteiger partial charge in [-0.2, -0.15) is 0 Å². The summed E-state index contributed by atoms with van der Waals surface area (Å²) >= 11 is 0. The third-order valence-electron chi connectivity index (χ3n) is 2.67. The van der Waals surface area contributed by atoms with Gasteiger partial charge in [0.05, 0.1) is 0 Å². The van der Waals surface area contributed by atoms with Crippen molar-refractivity contribution in [2.45, 2.75) is 32.2 Å². The lowest BCUT2D eigenvalue weighted by molar-refractivity contribution is 0.166. The van der Waals surface area contributed by atoms with Crippen LogP contribution in [0.4, 0.5) is 0 Å². The highest BCUT2D eigenvalue weighted by molar-refractivity contribution is 4.77. The molecular weight excluding hydrogens is 164 g/mol. The van der Waals surface area contributed by atoms with Crippen molar-refractivity contribution in [2.75, 3.05) is 32.8 Å². The van der Waals surface area contributed by atoms with E-state index in [0.717, 1.165) is 19.5 Å². The molecule has 0 bridgehead atoms. The summed E-state index contributed by atoms with van der Waals surface area (Å²) in [5.74, 6) is 0. The van der Waals surface area contributed by atoms with Crippen molar-refractivity contribution in [1.82, 2.24) is 10.2 Å². The fourth-order valence-electron chi connectivity index (χ4n) is 2.00. The van der Waals surface area contributed by atoms with Crippen molar-refractivity contribution in [2.24, 2.45) is 0 Å². The molecule has 78 valence electrons. The lowest BCUT2D eigenvalue weighted by Gasteiger charge is -2.28. The van der Waals surface area contributed by atoms with E-state index in [1.807, 2.05) is 0 Å². The minimum absolute atomic E-state index is 0.312. The minimum Gasteiger partial charge on any atom is -0.396 e. The zero-order valence-electron chi connectivity index (χ0n) is 8.63. The van der Waals surface area contributed by atoms with Crippen molar-refractivity contribution < 1.29 is 5.11 Å². The Morgan fingerprint density at radius 2 is 2.38 bits per heavy atom. The first-order valence-electron chi connectivity index (χ1n) is 5.44. The van der Waals surface area contributed by atoms with Crippen LogP contribution in [-0.2, 0) is 0 Å². The second-order valence-corrected chi connectivity index (χ2v) is 3.76. The molecule has 0 aromatic carbocycles. The molecule has 3 nitrogen and oxygen atoms in total. The van der Waals surface area contributed by atoms with Crippen LogP contribution in [-0.4, -0.2) is 48.8 Å². The summed E-state index contributed by atoms with van der Waals surface area (Å²) in [6.07, 6.45) is 3.36. The molecule has 0 radical (unpaired) electrons. The van der Waals surface area contributed by atoms with Crippen LogP contribution in [0.15, 0.2) is 0 Å². The number of nitrogens with zero attached hydrogens (tertiary/aromatic N) is 1. The Bertz CT molecular complexity index is 116. The van der Waals surface area contributed by atoms with Crippen LogP contribution in [0.25, 0.3) is 0 Å². The van der Waals surface area contributed by atoms with Crippen LogP contribution >= 0.6 is 0 Å². The van der Waals surface area contributed by atoms with Crippen LogP contribution in [0, 0.1) is 0 Å². The smallest absolute Gasteiger partial charge is 0.0446 e. The fraction of sp³-hybridized carbons (Fsp3) is 1.00. The van der Waals surface area contributed by atoms with Gasteiger partial charge in [0.25, 0.3) is 0 Å². The van der Waals surface area contributed by atoms with Gasteiger partial charge < -0.3 is 10.4 Å². The van der Waals surface area contributed by atoms with Gasteiger partial charge in [-0.15, -0.1) is 0 Å². The summed E-state index contributed by atoms with van der Waals surface area (Å²) in [6, 6.07) is 0.549. The lowest BCUT2D eigenvalue weighted by atomic mass is 10.1. The molecule has 1 unspecified atom stereocenters. The zero-order valence-corrected chi connectivity index (χ0v) is 8.63. The number of rotatable bonds is 4. The third kappa shape index (κ3) is 3.63. The van der Waals surface area contributed by atoms with Crippen molar-refractivity contribution >= 4 is 0 Å². The van der Waals surface area contributed by atoms with Gasteiger partial charge in [0.2, 0.25) is 0 Å². The molecule has 1 heterocycles. The van der Waals surface area contributed by atoms with Crippen molar-refractivity contribution in [3.8, 4) is 0 Å². The molecule has 1 fully saturated rings. The number of hydrogen-bond acceptors (Lipinski definition) is 3. The fourth-order valence-corrected chi connectivity index (χ4v) is 2.00. The Balaban J connectivity index is 2.40. The predicted molar refractivity (Wildman–Crippen MR) is 54.8 cm³/mol. The molecule has 0 amide bonds. The van der Waals surface area contributed by atoms with Crippen LogP contribution in [0.3, 0.4) is 0 Å². The monoisotopic (exact) mass is 186 g/mol. The maximum Gasteiger partial charge on any atom is 0.0446 e. The Labute approximate surface area is 81.1 Å². The molecule has 1 saturated heterocycles. The average molecular weight is 186 g/mol. The highest BCUT2D eigenvalue weighted by Crippen LogP contribution is 2.08. The number of aliphatic hydroxyl groups is 1. The standard InChI is InChI=1S/C10H22N2O/c1-2-6-12-7-3-5-11-9-10(12)4-8-13/h10-11,13H,2-9H2,1H3. The van der Waals surface area contributed by atoms with Gasteiger partial charge in [-0.05, 0) is 38.9 Å². The molecule has 2 N–H and O–H groups in total. The molecule has 1 aliphatic rings. The molecule has 1 aliphatic heterocycles. The molecule has 0 aliphatic carbocycles. The van der Waals surface area contributed by atoms with Gasteiger partial charge in [0.1, 0.15) is 0 Å². The van der Waals surface area contributed by atoms with Crippen LogP contribution < -0.4 is 5.32 Å². The van der Waals surface area contributed by atoms with E-state index in [9.17, 15) is 0 Å². The van der Waals surface area contributed by atoms with E-state index in [-0.39, 0.29) is 0 Å². The molecule has 0 aromatic heterocycles. The maximum absolute atomic E-state index is 8.94. The van der Waals surface area contributed by atoms with E-state index in [4.69, 9.17) is 5.11 Å². The first-order valence-corrected chi connectivity index (χ1v) is 5.44. The second-order valence-electron chi connectivity index (χ2n) is 3.76. The van der Waals surface area contributed by atoms with Crippen molar-refractivity contribution in [3.63, 3.8) is 0 Å². The van der Waals surface area contributed by atoms with Crippen molar-refractivity contribution in [1.29, 1.82) is 0 Å². The quantitative estimate of drug-likeness (QED) is 0.669. The van der Waals surface area contributed by atoms with Crippen molar-refractivity contribution in [3.05, 3.63) is 0 Å². The summed E-state index contributed by atoms with van der Waals surface area (Å²) in [5, 5.41) is 12.4. The summed E-state index contributed by atoms with van der Waals surface area (Å²) < 4.78 is 0. The molecule has 1 atom stereocenters. The van der Waals surface area contributed by atoms with E-state index < -0.39 is 0 Å². The summed E-state index contributed by atoms with van der Waals surface area (Å²) in [5.41, 5.74) is 0. The summed E-state index contributed by atoms with van der Waals surface area (Å²) in [7, 11) is 0. The Morgan fingerprint density at radius 1 is 1.54 bits per heavy atom. The van der Waals surface area contributed by atoms with Gasteiger partial charge >= 0.3 is 0 Å². The van der Waals surface area contributed by atoms with E-state index >= 15 is 0 Å². The molecule has 0 saturated carbocycles. The predicted octanol–water partition coefficient (Wildman–Crippen LogP) is 0.443. The molecule has 0 aromatic rings. The summed E-state index contributed by atoms with van der Waals surface area (Å²) in [6.45, 7) is 7.06. The largest absolute Gasteiger partial charge is 0.396 e. The van der Waals surface area contributed by atoms with Gasteiger partial charge in [-0.1, -0.05) is 6.92 Å². The number of nitrogens with one attached hydrogen (secondary N) is 1. The van der Waals surface area contributed by atoms with E-state index in [2.05, 4.69) is 17.1 Å². The van der Waals surface area contributed by atoms with E-state index in [0.29, 0.717) is 12.6 Å². The molecule has 1 rings (SSSR count). The zero-order chi connectivity index (χ0) is 9.52. The number of aliphatic hydroxyl groups excluding tert-OH is 1. The van der Waals surface area contributed by atoms with Crippen LogP contribution in [0.2, 0.25) is 0 Å². The Kier molecular flexibility index (Phi) is 5.35. The third-order valence-corrected chi connectivity index (χ3v) is 2.67. The minimum atomic E-state index is 0.312. The Morgan fingerprint density at radius 3 is 3.08 bits per heavy atom. The van der Waals surface area contributed by atoms with Crippen LogP contribution in [0.1, 0.15) is 26.2 Å². The molecule has 13 heavy (non-hydrogen) atoms. The molecule has 0 spiro atoms. The first-order chi connectivity index (χ1) is 6.38. The van der Waals surface area contributed by atoms with Gasteiger partial charge in [0, 0.05) is 19.2 Å². The van der Waals surface area contributed by atoms with Gasteiger partial charge in [-0.3, -0.25) is 4.90 Å². The SMILES string of the molecule is CCCN1CCCNCC1CCO. The number of hydrogen-bond donors (Lipinski definition) is 2. The topological polar surface area (TPSA) is 35.5 Å². The Hall–Kier alpha value is -0.120. The van der Waals surface area contributed by atoms with E-state index in [1.54, 1.807) is 0 Å².